The molecule has 0 aromatic heterocycles. The summed E-state index contributed by atoms with van der Waals surface area (Å²) in [6, 6.07) is 6.18. The van der Waals surface area contributed by atoms with Crippen molar-refractivity contribution in [2.75, 3.05) is 6.54 Å². The number of hydrogen-bond donors (Lipinski definition) is 2. The van der Waals surface area contributed by atoms with Crippen molar-refractivity contribution in [3.63, 3.8) is 0 Å². The largest absolute Gasteiger partial charge is 0.481 e. The zero-order chi connectivity index (χ0) is 15.7. The van der Waals surface area contributed by atoms with Gasteiger partial charge < -0.3 is 10.4 Å². The molecule has 3 rings (SSSR count). The summed E-state index contributed by atoms with van der Waals surface area (Å²) in [5, 5.41) is 12.2. The molecule has 1 aromatic rings. The molecule has 0 heterocycles. The molecule has 118 valence electrons. The minimum Gasteiger partial charge on any atom is -0.481 e. The van der Waals surface area contributed by atoms with Gasteiger partial charge in [0.1, 0.15) is 5.82 Å². The number of aliphatic carboxylic acids is 1. The standard InChI is InChI=1S/C17H20FNO3/c18-13-5-1-10(2-6-13)7-8-19-16(20)14-11-3-4-12(9-11)15(14)17(21)22/h1-2,5-6,11-12,14-15H,3-4,7-9H2,(H,19,20)(H,21,22)/t11-,12-,14-,15-/m0/s1. The number of halogens is 1. The van der Waals surface area contributed by atoms with Crippen molar-refractivity contribution in [2.45, 2.75) is 25.7 Å². The summed E-state index contributed by atoms with van der Waals surface area (Å²) in [7, 11) is 0. The molecule has 2 saturated carbocycles. The summed E-state index contributed by atoms with van der Waals surface area (Å²) >= 11 is 0. The van der Waals surface area contributed by atoms with Gasteiger partial charge in [0, 0.05) is 6.54 Å². The van der Waals surface area contributed by atoms with E-state index in [2.05, 4.69) is 5.32 Å². The lowest BCUT2D eigenvalue weighted by atomic mass is 9.78. The number of fused-ring (bicyclic) bond motifs is 2. The minimum absolute atomic E-state index is 0.137. The van der Waals surface area contributed by atoms with Crippen LogP contribution in [-0.4, -0.2) is 23.5 Å². The van der Waals surface area contributed by atoms with Crippen LogP contribution in [0.4, 0.5) is 4.39 Å². The van der Waals surface area contributed by atoms with Gasteiger partial charge in [-0.05, 0) is 55.2 Å². The van der Waals surface area contributed by atoms with Crippen LogP contribution in [0.2, 0.25) is 0 Å². The van der Waals surface area contributed by atoms with E-state index in [1.807, 2.05) is 0 Å². The second kappa shape index (κ2) is 6.07. The summed E-state index contributed by atoms with van der Waals surface area (Å²) in [4.78, 5) is 23.8. The fraction of sp³-hybridized carbons (Fsp3) is 0.529. The monoisotopic (exact) mass is 305 g/mol. The predicted octanol–water partition coefficient (Wildman–Crippen LogP) is 2.23. The van der Waals surface area contributed by atoms with Gasteiger partial charge in [0.25, 0.3) is 0 Å². The molecule has 2 aliphatic rings. The Balaban J connectivity index is 1.55. The van der Waals surface area contributed by atoms with E-state index in [0.29, 0.717) is 13.0 Å². The Hall–Kier alpha value is -1.91. The Morgan fingerprint density at radius 2 is 1.77 bits per heavy atom. The Labute approximate surface area is 128 Å². The third-order valence-corrected chi connectivity index (χ3v) is 5.13. The van der Waals surface area contributed by atoms with Crippen molar-refractivity contribution in [2.24, 2.45) is 23.7 Å². The summed E-state index contributed by atoms with van der Waals surface area (Å²) < 4.78 is 12.8. The van der Waals surface area contributed by atoms with Gasteiger partial charge in [-0.2, -0.15) is 0 Å². The van der Waals surface area contributed by atoms with Crippen LogP contribution in [0.5, 0.6) is 0 Å². The van der Waals surface area contributed by atoms with Crippen LogP contribution in [0.3, 0.4) is 0 Å². The van der Waals surface area contributed by atoms with E-state index in [-0.39, 0.29) is 29.5 Å². The van der Waals surface area contributed by atoms with E-state index in [9.17, 15) is 19.1 Å². The first-order valence-corrected chi connectivity index (χ1v) is 7.81. The van der Waals surface area contributed by atoms with Gasteiger partial charge in [0.2, 0.25) is 5.91 Å². The molecule has 22 heavy (non-hydrogen) atoms. The highest BCUT2D eigenvalue weighted by atomic mass is 19.1. The Morgan fingerprint density at radius 1 is 1.14 bits per heavy atom. The Morgan fingerprint density at radius 3 is 2.41 bits per heavy atom. The molecule has 2 N–H and O–H groups in total. The number of nitrogens with one attached hydrogen (secondary N) is 1. The van der Waals surface area contributed by atoms with Crippen LogP contribution >= 0.6 is 0 Å². The first-order chi connectivity index (χ1) is 10.6. The first kappa shape index (κ1) is 15.0. The number of carbonyl (C=O) groups is 2. The molecular weight excluding hydrogens is 285 g/mol. The summed E-state index contributed by atoms with van der Waals surface area (Å²) in [5.41, 5.74) is 0.949. The van der Waals surface area contributed by atoms with Crippen LogP contribution < -0.4 is 5.32 Å². The number of amides is 1. The highest BCUT2D eigenvalue weighted by Gasteiger charge is 2.53. The Kier molecular flexibility index (Phi) is 4.14. The second-order valence-electron chi connectivity index (χ2n) is 6.39. The van der Waals surface area contributed by atoms with E-state index in [1.54, 1.807) is 12.1 Å². The fourth-order valence-corrected chi connectivity index (χ4v) is 4.12. The number of benzene rings is 1. The highest BCUT2D eigenvalue weighted by molar-refractivity contribution is 5.86. The molecule has 1 amide bonds. The molecule has 0 unspecified atom stereocenters. The number of hydrogen-bond acceptors (Lipinski definition) is 2. The van der Waals surface area contributed by atoms with Gasteiger partial charge in [-0.1, -0.05) is 12.1 Å². The SMILES string of the molecule is O=C(O)[C@H]1[C@H]2CC[C@@H](C2)[C@@H]1C(=O)NCCc1ccc(F)cc1. The molecule has 4 atom stereocenters. The normalized spacial score (nSPS) is 29.5. The number of carboxylic acids is 1. The average molecular weight is 305 g/mol. The molecule has 5 heteroatoms. The van der Waals surface area contributed by atoms with Crippen molar-refractivity contribution in [1.82, 2.24) is 5.32 Å². The van der Waals surface area contributed by atoms with E-state index in [4.69, 9.17) is 0 Å². The average Bonchev–Trinajstić information content (AvgIpc) is 3.09. The molecule has 2 bridgehead atoms. The van der Waals surface area contributed by atoms with Gasteiger partial charge in [-0.3, -0.25) is 9.59 Å². The van der Waals surface area contributed by atoms with Crippen molar-refractivity contribution in [1.29, 1.82) is 0 Å². The highest BCUT2D eigenvalue weighted by Crippen LogP contribution is 2.52. The third-order valence-electron chi connectivity index (χ3n) is 5.13. The maximum absolute atomic E-state index is 12.8. The van der Waals surface area contributed by atoms with Crippen molar-refractivity contribution < 1.29 is 19.1 Å². The van der Waals surface area contributed by atoms with Gasteiger partial charge in [0.05, 0.1) is 11.8 Å². The van der Waals surface area contributed by atoms with Crippen LogP contribution in [0.25, 0.3) is 0 Å². The van der Waals surface area contributed by atoms with Crippen molar-refractivity contribution in [3.8, 4) is 0 Å². The second-order valence-corrected chi connectivity index (χ2v) is 6.39. The molecule has 0 spiro atoms. The quantitative estimate of drug-likeness (QED) is 0.876. The maximum Gasteiger partial charge on any atom is 0.307 e. The third kappa shape index (κ3) is 2.85. The van der Waals surface area contributed by atoms with Crippen LogP contribution in [-0.2, 0) is 16.0 Å². The molecular formula is C17H20FNO3. The first-order valence-electron chi connectivity index (χ1n) is 7.81. The van der Waals surface area contributed by atoms with E-state index < -0.39 is 11.9 Å². The van der Waals surface area contributed by atoms with Gasteiger partial charge >= 0.3 is 5.97 Å². The predicted molar refractivity (Wildman–Crippen MR) is 78.6 cm³/mol. The fourth-order valence-electron chi connectivity index (χ4n) is 4.12. The van der Waals surface area contributed by atoms with Gasteiger partial charge in [-0.25, -0.2) is 4.39 Å². The van der Waals surface area contributed by atoms with Crippen molar-refractivity contribution in [3.05, 3.63) is 35.6 Å². The molecule has 0 saturated heterocycles. The number of carboxylic acid groups (broad SMARTS) is 1. The van der Waals surface area contributed by atoms with Crippen LogP contribution in [0, 0.1) is 29.5 Å². The lowest BCUT2D eigenvalue weighted by Gasteiger charge is -2.27. The van der Waals surface area contributed by atoms with Crippen molar-refractivity contribution >= 4 is 11.9 Å². The smallest absolute Gasteiger partial charge is 0.307 e. The molecule has 0 aliphatic heterocycles. The zero-order valence-corrected chi connectivity index (χ0v) is 12.3. The lowest BCUT2D eigenvalue weighted by Crippen LogP contribution is -2.41. The molecule has 0 radical (unpaired) electrons. The van der Waals surface area contributed by atoms with E-state index in [1.165, 1.54) is 12.1 Å². The summed E-state index contributed by atoms with van der Waals surface area (Å²) in [6.45, 7) is 0.449. The minimum atomic E-state index is -0.842. The van der Waals surface area contributed by atoms with E-state index in [0.717, 1.165) is 24.8 Å². The topological polar surface area (TPSA) is 66.4 Å². The maximum atomic E-state index is 12.8. The molecule has 2 fully saturated rings. The number of carbonyl (C=O) groups excluding carboxylic acids is 1. The van der Waals surface area contributed by atoms with Crippen LogP contribution in [0.1, 0.15) is 24.8 Å². The number of rotatable bonds is 5. The lowest BCUT2D eigenvalue weighted by molar-refractivity contribution is -0.149. The van der Waals surface area contributed by atoms with E-state index >= 15 is 0 Å². The summed E-state index contributed by atoms with van der Waals surface area (Å²) in [5.74, 6) is -1.78. The van der Waals surface area contributed by atoms with Gasteiger partial charge in [-0.15, -0.1) is 0 Å². The van der Waals surface area contributed by atoms with Crippen LogP contribution in [0.15, 0.2) is 24.3 Å². The zero-order valence-electron chi connectivity index (χ0n) is 12.3. The Bertz CT molecular complexity index is 572. The van der Waals surface area contributed by atoms with Gasteiger partial charge in [0.15, 0.2) is 0 Å². The molecule has 2 aliphatic carbocycles. The molecule has 4 nitrogen and oxygen atoms in total. The summed E-state index contributed by atoms with van der Waals surface area (Å²) in [6.07, 6.45) is 3.38. The molecule has 1 aromatic carbocycles.